The van der Waals surface area contributed by atoms with E-state index in [0.29, 0.717) is 4.90 Å². The highest BCUT2D eigenvalue weighted by Gasteiger charge is 2.48. The topological polar surface area (TPSA) is 399 Å². The van der Waals surface area contributed by atoms with Crippen LogP contribution in [0.15, 0.2) is 0 Å². The van der Waals surface area contributed by atoms with Gasteiger partial charge in [0.25, 0.3) is 5.91 Å². The van der Waals surface area contributed by atoms with E-state index in [-0.39, 0.29) is 24.7 Å². The Balaban J connectivity index is 0. The van der Waals surface area contributed by atoms with Gasteiger partial charge in [0, 0.05) is 26.4 Å². The van der Waals surface area contributed by atoms with Gasteiger partial charge in [-0.05, 0) is 34.6 Å². The number of hydrogen-bond acceptors (Lipinski definition) is 18. The van der Waals surface area contributed by atoms with Gasteiger partial charge in [0.05, 0.1) is 25.2 Å². The molecule has 0 saturated carbocycles. The maximum Gasteiger partial charge on any atom is 0.344 e. The van der Waals surface area contributed by atoms with Gasteiger partial charge in [0.15, 0.2) is 24.4 Å². The van der Waals surface area contributed by atoms with Crippen molar-refractivity contribution in [2.75, 3.05) is 14.1 Å². The van der Waals surface area contributed by atoms with Gasteiger partial charge in [0.2, 0.25) is 23.6 Å². The molecule has 0 bridgehead atoms. The zero-order valence-corrected chi connectivity index (χ0v) is 34.6. The molecule has 0 aliphatic carbocycles. The molecule has 9 atom stereocenters. The summed E-state index contributed by atoms with van der Waals surface area (Å²) in [6, 6.07) is -3.42. The zero-order valence-electron chi connectivity index (χ0n) is 34.6. The first-order valence-electron chi connectivity index (χ1n) is 18.0. The standard InChI is InChI=1S/C17H22N2O12.2C9H15NO5/c1-6(20)13(23)18-9-4-11(21)19(14(9)24)10(17(29)31-8(3)16(27)28)5-12(22)30-7(2)15(25)26;1-5(4-7(11)10-3)9(14)15-6(2)8(12)13;1-5(8(12)10-3)4-7(11)15-6(2)9(13)14/h6-10,20H,4-5H2,1-3H3,(H,18,23)(H,25,26)(H,27,28);5-6H,4H2,1-3H3,(H,10,11)(H,12,13);5-6H,4H2,1-3H3,(H,10,12)(H,13,14). The lowest BCUT2D eigenvalue weighted by molar-refractivity contribution is -0.173. The van der Waals surface area contributed by atoms with Crippen LogP contribution in [0.3, 0.4) is 0 Å². The largest absolute Gasteiger partial charge is 0.479 e. The van der Waals surface area contributed by atoms with Crippen LogP contribution in [0.4, 0.5) is 0 Å². The van der Waals surface area contributed by atoms with Gasteiger partial charge in [-0.3, -0.25) is 43.3 Å². The first-order chi connectivity index (χ1) is 28.0. The van der Waals surface area contributed by atoms with E-state index in [9.17, 15) is 67.4 Å². The summed E-state index contributed by atoms with van der Waals surface area (Å²) in [5.74, 6) is -14.4. The minimum absolute atomic E-state index is 0.0122. The van der Waals surface area contributed by atoms with Crippen LogP contribution in [-0.4, -0.2) is 164 Å². The Morgan fingerprint density at radius 3 is 1.39 bits per heavy atom. The van der Waals surface area contributed by atoms with Crippen molar-refractivity contribution >= 4 is 77.3 Å². The van der Waals surface area contributed by atoms with Gasteiger partial charge >= 0.3 is 47.8 Å². The highest BCUT2D eigenvalue weighted by Crippen LogP contribution is 2.21. The van der Waals surface area contributed by atoms with E-state index in [1.165, 1.54) is 34.9 Å². The Kier molecular flexibility index (Phi) is 25.1. The van der Waals surface area contributed by atoms with Crippen molar-refractivity contribution in [3.05, 3.63) is 0 Å². The Labute approximate surface area is 347 Å². The SMILES string of the molecule is CC(O)C(=O)NC1CC(=O)N(C(CC(=O)OC(C)C(=O)O)C(=O)OC(C)C(=O)O)C1=O.CNC(=O)C(C)CC(=O)OC(C)C(=O)O.CNC(=O)CC(C)C(=O)OC(C)C(=O)O. The number of carboxylic acids is 4. The van der Waals surface area contributed by atoms with Crippen molar-refractivity contribution in [3.63, 3.8) is 0 Å². The molecule has 9 unspecified atom stereocenters. The number of aliphatic hydroxyl groups excluding tert-OH is 1. The van der Waals surface area contributed by atoms with Crippen LogP contribution >= 0.6 is 0 Å². The minimum Gasteiger partial charge on any atom is -0.479 e. The molecule has 0 aromatic carbocycles. The first kappa shape index (κ1) is 56.4. The molecule has 61 heavy (non-hydrogen) atoms. The molecule has 1 saturated heterocycles. The summed E-state index contributed by atoms with van der Waals surface area (Å²) in [7, 11) is 2.92. The molecule has 5 amide bonds. The smallest absolute Gasteiger partial charge is 0.344 e. The third kappa shape index (κ3) is 21.2. The van der Waals surface area contributed by atoms with E-state index in [1.807, 2.05) is 0 Å². The van der Waals surface area contributed by atoms with Crippen LogP contribution in [0.1, 0.15) is 74.1 Å². The zero-order chi connectivity index (χ0) is 48.1. The normalized spacial score (nSPS) is 16.8. The van der Waals surface area contributed by atoms with Crippen LogP contribution in [-0.2, 0) is 81.3 Å². The summed E-state index contributed by atoms with van der Waals surface area (Å²) in [5.41, 5.74) is 0. The average molecular weight is 881 g/mol. The molecule has 1 fully saturated rings. The lowest BCUT2D eigenvalue weighted by Crippen LogP contribution is -2.51. The van der Waals surface area contributed by atoms with Crippen LogP contribution in [0.25, 0.3) is 0 Å². The van der Waals surface area contributed by atoms with E-state index in [2.05, 4.69) is 34.9 Å². The number of likely N-dealkylation sites (tertiary alicyclic amines) is 1. The molecule has 1 aliphatic heterocycles. The van der Waals surface area contributed by atoms with Crippen molar-refractivity contribution in [1.29, 1.82) is 0 Å². The molecule has 8 N–H and O–H groups in total. The fourth-order valence-electron chi connectivity index (χ4n) is 4.11. The number of nitrogens with one attached hydrogen (secondary N) is 3. The Hall–Kier alpha value is -6.73. The summed E-state index contributed by atoms with van der Waals surface area (Å²) in [6.07, 6.45) is -8.93. The van der Waals surface area contributed by atoms with E-state index in [0.717, 1.165) is 20.8 Å². The number of rotatable bonds is 20. The fraction of sp³-hybridized carbons (Fsp3) is 0.629. The number of nitrogens with zero attached hydrogens (tertiary/aromatic N) is 1. The predicted octanol–water partition coefficient (Wildman–Crippen LogP) is -3.05. The Morgan fingerprint density at radius 1 is 0.590 bits per heavy atom. The molecule has 1 heterocycles. The number of amides is 5. The molecule has 0 spiro atoms. The first-order valence-corrected chi connectivity index (χ1v) is 18.0. The van der Waals surface area contributed by atoms with E-state index >= 15 is 0 Å². The molecule has 26 nitrogen and oxygen atoms in total. The van der Waals surface area contributed by atoms with Gasteiger partial charge < -0.3 is 60.4 Å². The van der Waals surface area contributed by atoms with Gasteiger partial charge in [-0.1, -0.05) is 13.8 Å². The molecule has 1 rings (SSSR count). The summed E-state index contributed by atoms with van der Waals surface area (Å²) in [6.45, 7) is 8.70. The highest BCUT2D eigenvalue weighted by atomic mass is 16.6. The second-order valence-electron chi connectivity index (χ2n) is 13.0. The van der Waals surface area contributed by atoms with Crippen LogP contribution in [0, 0.1) is 11.8 Å². The molecule has 26 heteroatoms. The van der Waals surface area contributed by atoms with Crippen molar-refractivity contribution in [1.82, 2.24) is 20.9 Å². The van der Waals surface area contributed by atoms with Gasteiger partial charge in [-0.15, -0.1) is 0 Å². The molecule has 0 radical (unpaired) electrons. The number of carboxylic acid groups (broad SMARTS) is 4. The number of imide groups is 1. The molecule has 344 valence electrons. The molecular weight excluding hydrogens is 828 g/mol. The van der Waals surface area contributed by atoms with Crippen molar-refractivity contribution in [2.24, 2.45) is 11.8 Å². The van der Waals surface area contributed by atoms with Crippen LogP contribution < -0.4 is 16.0 Å². The van der Waals surface area contributed by atoms with Crippen molar-refractivity contribution in [2.45, 2.75) is 117 Å². The minimum atomic E-state index is -1.97. The van der Waals surface area contributed by atoms with Gasteiger partial charge in [0.1, 0.15) is 18.2 Å². The second-order valence-corrected chi connectivity index (χ2v) is 13.0. The summed E-state index contributed by atoms with van der Waals surface area (Å²) in [4.78, 5) is 148. The number of hydrogen-bond donors (Lipinski definition) is 8. The maximum atomic E-state index is 12.6. The number of aliphatic carboxylic acids is 4. The Bertz CT molecular complexity index is 1660. The number of ether oxygens (including phenoxy) is 4. The lowest BCUT2D eigenvalue weighted by atomic mass is 10.1. The van der Waals surface area contributed by atoms with E-state index in [1.54, 1.807) is 6.92 Å². The monoisotopic (exact) mass is 880 g/mol. The average Bonchev–Trinajstić information content (AvgIpc) is 3.43. The quantitative estimate of drug-likeness (QED) is 0.0342. The Morgan fingerprint density at radius 2 is 1.00 bits per heavy atom. The number of carbonyl (C=O) groups is 13. The molecule has 0 aromatic heterocycles. The van der Waals surface area contributed by atoms with Crippen molar-refractivity contribution < 1.29 is 107 Å². The predicted molar refractivity (Wildman–Crippen MR) is 197 cm³/mol. The van der Waals surface area contributed by atoms with Crippen LogP contribution in [0.2, 0.25) is 0 Å². The third-order valence-electron chi connectivity index (χ3n) is 7.76. The van der Waals surface area contributed by atoms with Crippen LogP contribution in [0.5, 0.6) is 0 Å². The van der Waals surface area contributed by atoms with E-state index in [4.69, 9.17) is 20.4 Å². The highest BCUT2D eigenvalue weighted by molar-refractivity contribution is 6.10. The fourth-order valence-corrected chi connectivity index (χ4v) is 4.11. The van der Waals surface area contributed by atoms with Gasteiger partial charge in [-0.2, -0.15) is 0 Å². The molecular formula is C35H52N4O22. The maximum absolute atomic E-state index is 12.6. The summed E-state index contributed by atoms with van der Waals surface area (Å²) in [5, 5.41) is 50.7. The number of aliphatic hydroxyl groups is 1. The van der Waals surface area contributed by atoms with Crippen molar-refractivity contribution in [3.8, 4) is 0 Å². The van der Waals surface area contributed by atoms with Gasteiger partial charge in [-0.25, -0.2) is 24.0 Å². The molecule has 0 aromatic rings. The number of carbonyl (C=O) groups excluding carboxylic acids is 9. The molecule has 1 aliphatic rings. The second kappa shape index (κ2) is 27.1. The number of esters is 4. The lowest BCUT2D eigenvalue weighted by Gasteiger charge is -2.25. The third-order valence-corrected chi connectivity index (χ3v) is 7.76. The summed E-state index contributed by atoms with van der Waals surface area (Å²) < 4.78 is 18.4. The van der Waals surface area contributed by atoms with E-state index < -0.39 is 133 Å². The summed E-state index contributed by atoms with van der Waals surface area (Å²) >= 11 is 0.